The Hall–Kier alpha value is -1.27. The predicted octanol–water partition coefficient (Wildman–Crippen LogP) is 1.14. The number of rotatable bonds is 2. The van der Waals surface area contributed by atoms with E-state index in [9.17, 15) is 4.79 Å². The molecule has 2 unspecified atom stereocenters. The van der Waals surface area contributed by atoms with Gasteiger partial charge in [0.25, 0.3) is 0 Å². The Morgan fingerprint density at radius 2 is 2.28 bits per heavy atom. The van der Waals surface area contributed by atoms with Gasteiger partial charge in [-0.25, -0.2) is 4.98 Å². The topological polar surface area (TPSA) is 54.5 Å². The van der Waals surface area contributed by atoms with Crippen LogP contribution in [0.1, 0.15) is 6.92 Å². The number of pyridine rings is 1. The number of hydrogen-bond donors (Lipinski definition) is 1. The highest BCUT2D eigenvalue weighted by molar-refractivity contribution is 7.98. The Morgan fingerprint density at radius 1 is 1.56 bits per heavy atom. The van der Waals surface area contributed by atoms with E-state index in [0.29, 0.717) is 11.6 Å². The van der Waals surface area contributed by atoms with Gasteiger partial charge in [0.05, 0.1) is 0 Å². The summed E-state index contributed by atoms with van der Waals surface area (Å²) in [4.78, 5) is 19.1. The maximum absolute atomic E-state index is 12.2. The van der Waals surface area contributed by atoms with Crippen molar-refractivity contribution in [2.24, 2.45) is 0 Å². The van der Waals surface area contributed by atoms with Crippen LogP contribution in [0, 0.1) is 0 Å². The van der Waals surface area contributed by atoms with E-state index in [1.807, 2.05) is 19.2 Å². The van der Waals surface area contributed by atoms with Crippen LogP contribution in [0.5, 0.6) is 5.75 Å². The summed E-state index contributed by atoms with van der Waals surface area (Å²) in [5.74, 6) is 1.19. The number of carbonyl (C=O) groups excluding carboxylic acids is 1. The van der Waals surface area contributed by atoms with Crippen LogP contribution in [-0.2, 0) is 4.79 Å². The van der Waals surface area contributed by atoms with Crippen molar-refractivity contribution in [1.29, 1.82) is 0 Å². The minimum atomic E-state index is -0.359. The van der Waals surface area contributed by atoms with Crippen molar-refractivity contribution in [1.82, 2.24) is 10.3 Å². The molecule has 0 aromatic carbocycles. The first-order valence-corrected chi connectivity index (χ1v) is 6.96. The molecule has 1 aliphatic rings. The lowest BCUT2D eigenvalue weighted by atomic mass is 10.1. The van der Waals surface area contributed by atoms with E-state index >= 15 is 0 Å². The van der Waals surface area contributed by atoms with Gasteiger partial charge in [0.1, 0.15) is 12.1 Å². The second-order valence-corrected chi connectivity index (χ2v) is 5.06. The lowest BCUT2D eigenvalue weighted by Gasteiger charge is -2.21. The summed E-state index contributed by atoms with van der Waals surface area (Å²) in [5, 5.41) is 2.99. The second kappa shape index (κ2) is 5.16. The maximum atomic E-state index is 12.2. The van der Waals surface area contributed by atoms with Crippen LogP contribution in [0.15, 0.2) is 17.2 Å². The van der Waals surface area contributed by atoms with E-state index < -0.39 is 0 Å². The van der Waals surface area contributed by atoms with Gasteiger partial charge in [0, 0.05) is 18.1 Å². The van der Waals surface area contributed by atoms with Crippen molar-refractivity contribution in [3.05, 3.63) is 12.3 Å². The van der Waals surface area contributed by atoms with Gasteiger partial charge < -0.3 is 10.1 Å². The van der Waals surface area contributed by atoms with Crippen LogP contribution in [0.3, 0.4) is 0 Å². The molecule has 0 aliphatic carbocycles. The molecule has 2 rings (SSSR count). The van der Waals surface area contributed by atoms with Crippen molar-refractivity contribution >= 4 is 23.5 Å². The third-order valence-electron chi connectivity index (χ3n) is 3.05. The average Bonchev–Trinajstić information content (AvgIpc) is 2.46. The van der Waals surface area contributed by atoms with E-state index in [1.165, 1.54) is 0 Å². The third kappa shape index (κ3) is 2.18. The Labute approximate surface area is 111 Å². The predicted molar refractivity (Wildman–Crippen MR) is 72.4 cm³/mol. The maximum Gasteiger partial charge on any atom is 0.248 e. The van der Waals surface area contributed by atoms with Crippen molar-refractivity contribution in [2.45, 2.75) is 24.0 Å². The standard InChI is InChI=1S/C12H17N3O2S/c1-7-10(13-2)12(16)15(3)11-9(17-7)5-8(18-4)6-14-11/h5-7,10,13H,1-4H3. The number of hydrogen-bond acceptors (Lipinski definition) is 5. The fraction of sp³-hybridized carbons (Fsp3) is 0.500. The largest absolute Gasteiger partial charge is 0.485 e. The van der Waals surface area contributed by atoms with Crippen LogP contribution in [-0.4, -0.2) is 43.4 Å². The van der Waals surface area contributed by atoms with E-state index in [4.69, 9.17) is 4.74 Å². The molecular weight excluding hydrogens is 250 g/mol. The lowest BCUT2D eigenvalue weighted by Crippen LogP contribution is -2.49. The first kappa shape index (κ1) is 13.2. The molecule has 0 saturated heterocycles. The van der Waals surface area contributed by atoms with Gasteiger partial charge in [-0.05, 0) is 26.3 Å². The zero-order chi connectivity index (χ0) is 13.3. The van der Waals surface area contributed by atoms with Crippen LogP contribution in [0.4, 0.5) is 5.82 Å². The molecule has 0 saturated carbocycles. The fourth-order valence-electron chi connectivity index (χ4n) is 2.01. The molecule has 0 fully saturated rings. The smallest absolute Gasteiger partial charge is 0.248 e. The summed E-state index contributed by atoms with van der Waals surface area (Å²) in [6.45, 7) is 1.88. The monoisotopic (exact) mass is 267 g/mol. The number of likely N-dealkylation sites (N-methyl/N-ethyl adjacent to an activating group) is 2. The van der Waals surface area contributed by atoms with Crippen LogP contribution >= 0.6 is 11.8 Å². The summed E-state index contributed by atoms with van der Waals surface area (Å²) >= 11 is 1.60. The van der Waals surface area contributed by atoms with Gasteiger partial charge in [-0.3, -0.25) is 9.69 Å². The van der Waals surface area contributed by atoms with Gasteiger partial charge in [-0.1, -0.05) is 0 Å². The van der Waals surface area contributed by atoms with Gasteiger partial charge >= 0.3 is 0 Å². The van der Waals surface area contributed by atoms with Crippen LogP contribution < -0.4 is 15.0 Å². The van der Waals surface area contributed by atoms with Crippen LogP contribution in [0.2, 0.25) is 0 Å². The minimum absolute atomic E-state index is 0.0341. The molecule has 18 heavy (non-hydrogen) atoms. The third-order valence-corrected chi connectivity index (χ3v) is 3.75. The molecule has 5 nitrogen and oxygen atoms in total. The molecule has 98 valence electrons. The Balaban J connectivity index is 2.46. The number of thioether (sulfide) groups is 1. The SMILES string of the molecule is CNC1C(=O)N(C)c2ncc(SC)cc2OC1C. The molecule has 6 heteroatoms. The molecule has 0 spiro atoms. The number of fused-ring (bicyclic) bond motifs is 1. The number of carbonyl (C=O) groups is 1. The summed E-state index contributed by atoms with van der Waals surface area (Å²) in [6.07, 6.45) is 3.50. The Bertz CT molecular complexity index is 467. The number of ether oxygens (including phenoxy) is 1. The molecule has 1 aromatic heterocycles. The van der Waals surface area contributed by atoms with Crippen molar-refractivity contribution in [2.75, 3.05) is 25.3 Å². The van der Waals surface area contributed by atoms with Gasteiger partial charge in [-0.2, -0.15) is 0 Å². The Morgan fingerprint density at radius 3 is 2.89 bits per heavy atom. The quantitative estimate of drug-likeness (QED) is 0.814. The molecule has 1 amide bonds. The first-order valence-electron chi connectivity index (χ1n) is 5.74. The van der Waals surface area contributed by atoms with E-state index in [2.05, 4.69) is 10.3 Å². The van der Waals surface area contributed by atoms with Gasteiger partial charge in [0.2, 0.25) is 5.91 Å². The summed E-state index contributed by atoms with van der Waals surface area (Å²) in [6, 6.07) is 1.56. The summed E-state index contributed by atoms with van der Waals surface area (Å²) in [5.41, 5.74) is 0. The van der Waals surface area contributed by atoms with Crippen molar-refractivity contribution in [3.63, 3.8) is 0 Å². The van der Waals surface area contributed by atoms with Crippen LogP contribution in [0.25, 0.3) is 0 Å². The molecular formula is C12H17N3O2S. The molecule has 2 atom stereocenters. The first-order chi connectivity index (χ1) is 8.58. The number of nitrogens with one attached hydrogen (secondary N) is 1. The van der Waals surface area contributed by atoms with Crippen molar-refractivity contribution in [3.8, 4) is 5.75 Å². The average molecular weight is 267 g/mol. The lowest BCUT2D eigenvalue weighted by molar-refractivity contribution is -0.121. The highest BCUT2D eigenvalue weighted by Gasteiger charge is 2.34. The van der Waals surface area contributed by atoms with E-state index in [-0.39, 0.29) is 18.1 Å². The number of amides is 1. The zero-order valence-electron chi connectivity index (χ0n) is 10.9. The molecule has 2 heterocycles. The molecule has 1 aliphatic heterocycles. The van der Waals surface area contributed by atoms with E-state index in [1.54, 1.807) is 37.0 Å². The summed E-state index contributed by atoms with van der Waals surface area (Å²) < 4.78 is 5.84. The van der Waals surface area contributed by atoms with Gasteiger partial charge in [0.15, 0.2) is 11.6 Å². The molecule has 0 bridgehead atoms. The van der Waals surface area contributed by atoms with Crippen molar-refractivity contribution < 1.29 is 9.53 Å². The van der Waals surface area contributed by atoms with Gasteiger partial charge in [-0.15, -0.1) is 11.8 Å². The molecule has 1 aromatic rings. The fourth-order valence-corrected chi connectivity index (χ4v) is 2.39. The number of aromatic nitrogens is 1. The van der Waals surface area contributed by atoms with E-state index in [0.717, 1.165) is 4.90 Å². The Kier molecular flexibility index (Phi) is 3.77. The second-order valence-electron chi connectivity index (χ2n) is 4.18. The summed E-state index contributed by atoms with van der Waals surface area (Å²) in [7, 11) is 3.48. The molecule has 0 radical (unpaired) electrons. The minimum Gasteiger partial charge on any atom is -0.485 e. The highest BCUT2D eigenvalue weighted by atomic mass is 32.2. The molecule has 1 N–H and O–H groups in total. The normalized spacial score (nSPS) is 23.3. The highest BCUT2D eigenvalue weighted by Crippen LogP contribution is 2.33. The zero-order valence-corrected chi connectivity index (χ0v) is 11.7. The number of anilines is 1. The number of nitrogens with zero attached hydrogens (tertiary/aromatic N) is 2.